The van der Waals surface area contributed by atoms with Crippen LogP contribution in [0.1, 0.15) is 37.3 Å². The summed E-state index contributed by atoms with van der Waals surface area (Å²) >= 11 is 1.56. The number of tetrazole rings is 1. The molecule has 19 heavy (non-hydrogen) atoms. The quantitative estimate of drug-likeness (QED) is 0.805. The molecule has 1 aliphatic carbocycles. The maximum absolute atomic E-state index is 13.1. The van der Waals surface area contributed by atoms with E-state index in [0.29, 0.717) is 11.8 Å². The van der Waals surface area contributed by atoms with Crippen LogP contribution in [0.2, 0.25) is 0 Å². The van der Waals surface area contributed by atoms with E-state index < -0.39 is 0 Å². The van der Waals surface area contributed by atoms with Crippen molar-refractivity contribution in [3.05, 3.63) is 35.6 Å². The summed E-state index contributed by atoms with van der Waals surface area (Å²) in [4.78, 5) is 0. The summed E-state index contributed by atoms with van der Waals surface area (Å²) in [7, 11) is 0. The van der Waals surface area contributed by atoms with Gasteiger partial charge in [0.2, 0.25) is 5.16 Å². The van der Waals surface area contributed by atoms with Crippen LogP contribution < -0.4 is 0 Å². The Kier molecular flexibility index (Phi) is 3.77. The number of benzene rings is 1. The van der Waals surface area contributed by atoms with Crippen LogP contribution in [0.25, 0.3) is 0 Å². The largest absolute Gasteiger partial charge is 0.217 e. The molecule has 0 unspecified atom stereocenters. The molecule has 0 N–H and O–H groups in total. The van der Waals surface area contributed by atoms with Crippen molar-refractivity contribution in [3.8, 4) is 0 Å². The molecule has 1 saturated carbocycles. The van der Waals surface area contributed by atoms with Gasteiger partial charge in [-0.2, -0.15) is 0 Å². The Hall–Kier alpha value is -1.43. The Morgan fingerprint density at radius 2 is 2.16 bits per heavy atom. The van der Waals surface area contributed by atoms with E-state index in [9.17, 15) is 4.39 Å². The molecule has 4 nitrogen and oxygen atoms in total. The van der Waals surface area contributed by atoms with Crippen molar-refractivity contribution in [1.29, 1.82) is 0 Å². The van der Waals surface area contributed by atoms with E-state index in [4.69, 9.17) is 0 Å². The molecule has 0 bridgehead atoms. The van der Waals surface area contributed by atoms with E-state index in [2.05, 4.69) is 15.5 Å². The molecular weight excluding hydrogens is 263 g/mol. The fourth-order valence-electron chi connectivity index (χ4n) is 2.43. The van der Waals surface area contributed by atoms with Gasteiger partial charge < -0.3 is 0 Å². The molecule has 100 valence electrons. The number of hydrogen-bond donors (Lipinski definition) is 0. The highest BCUT2D eigenvalue weighted by Gasteiger charge is 2.21. The first-order valence-corrected chi connectivity index (χ1v) is 7.46. The highest BCUT2D eigenvalue weighted by Crippen LogP contribution is 2.32. The Morgan fingerprint density at radius 1 is 1.32 bits per heavy atom. The van der Waals surface area contributed by atoms with Crippen LogP contribution in [0.5, 0.6) is 0 Å². The summed E-state index contributed by atoms with van der Waals surface area (Å²) in [6, 6.07) is 7.09. The maximum Gasteiger partial charge on any atom is 0.209 e. The molecule has 0 atom stereocenters. The molecule has 1 aromatic heterocycles. The van der Waals surface area contributed by atoms with Crippen LogP contribution in [0.3, 0.4) is 0 Å². The lowest BCUT2D eigenvalue weighted by molar-refractivity contribution is 0.423. The van der Waals surface area contributed by atoms with Crippen LogP contribution in [-0.4, -0.2) is 20.2 Å². The highest BCUT2D eigenvalue weighted by molar-refractivity contribution is 7.98. The van der Waals surface area contributed by atoms with E-state index in [1.54, 1.807) is 23.9 Å². The normalized spacial score (nSPS) is 16.1. The second kappa shape index (κ2) is 5.69. The highest BCUT2D eigenvalue weighted by atomic mass is 32.2. The lowest BCUT2D eigenvalue weighted by Gasteiger charge is -2.10. The fourth-order valence-corrected chi connectivity index (χ4v) is 3.32. The summed E-state index contributed by atoms with van der Waals surface area (Å²) < 4.78 is 15.0. The monoisotopic (exact) mass is 278 g/mol. The topological polar surface area (TPSA) is 43.6 Å². The van der Waals surface area contributed by atoms with E-state index in [1.165, 1.54) is 18.9 Å². The van der Waals surface area contributed by atoms with Gasteiger partial charge in [0.15, 0.2) is 0 Å². The molecule has 2 aromatic rings. The molecule has 0 saturated heterocycles. The SMILES string of the molecule is Fc1cccc(CSc2nnnn2C2CCCC2)c1. The molecule has 0 aliphatic heterocycles. The predicted molar refractivity (Wildman–Crippen MR) is 71.3 cm³/mol. The van der Waals surface area contributed by atoms with Crippen molar-refractivity contribution in [3.63, 3.8) is 0 Å². The first-order chi connectivity index (χ1) is 9.33. The fraction of sp³-hybridized carbons (Fsp3) is 0.462. The molecule has 0 spiro atoms. The molecule has 3 rings (SSSR count). The van der Waals surface area contributed by atoms with Crippen molar-refractivity contribution in [1.82, 2.24) is 20.2 Å². The third-order valence-corrected chi connectivity index (χ3v) is 4.39. The zero-order valence-electron chi connectivity index (χ0n) is 10.5. The van der Waals surface area contributed by atoms with Crippen molar-refractivity contribution >= 4 is 11.8 Å². The van der Waals surface area contributed by atoms with Gasteiger partial charge in [-0.25, -0.2) is 9.07 Å². The second-order valence-corrected chi connectivity index (χ2v) is 5.71. The van der Waals surface area contributed by atoms with Gasteiger partial charge in [-0.1, -0.05) is 36.7 Å². The smallest absolute Gasteiger partial charge is 0.209 e. The molecule has 0 amide bonds. The summed E-state index contributed by atoms with van der Waals surface area (Å²) in [6.45, 7) is 0. The van der Waals surface area contributed by atoms with Gasteiger partial charge in [0.1, 0.15) is 5.82 Å². The second-order valence-electron chi connectivity index (χ2n) is 4.76. The van der Waals surface area contributed by atoms with Crippen molar-refractivity contribution < 1.29 is 4.39 Å². The minimum Gasteiger partial charge on any atom is -0.217 e. The Balaban J connectivity index is 1.68. The molecule has 1 heterocycles. The zero-order chi connectivity index (χ0) is 13.1. The van der Waals surface area contributed by atoms with E-state index >= 15 is 0 Å². The Morgan fingerprint density at radius 3 is 2.95 bits per heavy atom. The van der Waals surface area contributed by atoms with Gasteiger partial charge >= 0.3 is 0 Å². The summed E-state index contributed by atoms with van der Waals surface area (Å²) in [5.74, 6) is 0.485. The molecule has 0 radical (unpaired) electrons. The average molecular weight is 278 g/mol. The lowest BCUT2D eigenvalue weighted by atomic mass is 10.2. The van der Waals surface area contributed by atoms with Crippen molar-refractivity contribution in [2.75, 3.05) is 0 Å². The van der Waals surface area contributed by atoms with Crippen LogP contribution in [0, 0.1) is 5.82 Å². The zero-order valence-corrected chi connectivity index (χ0v) is 11.3. The van der Waals surface area contributed by atoms with Gasteiger partial charge in [-0.3, -0.25) is 0 Å². The number of aromatic nitrogens is 4. The van der Waals surface area contributed by atoms with Crippen LogP contribution in [-0.2, 0) is 5.75 Å². The van der Waals surface area contributed by atoms with Gasteiger partial charge in [-0.15, -0.1) is 5.10 Å². The van der Waals surface area contributed by atoms with Crippen molar-refractivity contribution in [2.45, 2.75) is 42.6 Å². The van der Waals surface area contributed by atoms with Gasteiger partial charge in [-0.05, 0) is 41.0 Å². The van der Waals surface area contributed by atoms with Crippen LogP contribution in [0.4, 0.5) is 4.39 Å². The van der Waals surface area contributed by atoms with E-state index in [-0.39, 0.29) is 5.82 Å². The lowest BCUT2D eigenvalue weighted by Crippen LogP contribution is -2.08. The number of hydrogen-bond acceptors (Lipinski definition) is 4. The molecular formula is C13H15FN4S. The maximum atomic E-state index is 13.1. The van der Waals surface area contributed by atoms with Crippen molar-refractivity contribution in [2.24, 2.45) is 0 Å². The molecule has 1 aliphatic rings. The first kappa shape index (κ1) is 12.6. The number of nitrogens with zero attached hydrogens (tertiary/aromatic N) is 4. The molecule has 6 heteroatoms. The van der Waals surface area contributed by atoms with Crippen LogP contribution >= 0.6 is 11.8 Å². The minimum absolute atomic E-state index is 0.200. The Labute approximate surface area is 115 Å². The third kappa shape index (κ3) is 2.94. The van der Waals surface area contributed by atoms with E-state index in [1.807, 2.05) is 10.7 Å². The molecule has 1 fully saturated rings. The van der Waals surface area contributed by atoms with Crippen LogP contribution in [0.15, 0.2) is 29.4 Å². The van der Waals surface area contributed by atoms with Gasteiger partial charge in [0, 0.05) is 5.75 Å². The standard InChI is InChI=1S/C13H15FN4S/c14-11-5-3-4-10(8-11)9-19-13-15-16-17-18(13)12-6-1-2-7-12/h3-5,8,12H,1-2,6-7,9H2. The van der Waals surface area contributed by atoms with E-state index in [0.717, 1.165) is 23.6 Å². The predicted octanol–water partition coefficient (Wildman–Crippen LogP) is 3.22. The third-order valence-electron chi connectivity index (χ3n) is 3.39. The van der Waals surface area contributed by atoms with Gasteiger partial charge in [0.25, 0.3) is 0 Å². The number of rotatable bonds is 4. The summed E-state index contributed by atoms with van der Waals surface area (Å²) in [5.41, 5.74) is 0.950. The summed E-state index contributed by atoms with van der Waals surface area (Å²) in [6.07, 6.45) is 4.80. The average Bonchev–Trinajstić information content (AvgIpc) is 3.07. The summed E-state index contributed by atoms with van der Waals surface area (Å²) in [5, 5.41) is 12.8. The minimum atomic E-state index is -0.200. The Bertz CT molecular complexity index is 551. The number of halogens is 1. The number of thioether (sulfide) groups is 1. The van der Waals surface area contributed by atoms with Gasteiger partial charge in [0.05, 0.1) is 6.04 Å². The first-order valence-electron chi connectivity index (χ1n) is 6.48. The molecule has 1 aromatic carbocycles.